The zero-order valence-corrected chi connectivity index (χ0v) is 11.9. The van der Waals surface area contributed by atoms with Crippen LogP contribution in [0.2, 0.25) is 0 Å². The predicted molar refractivity (Wildman–Crippen MR) is 74.8 cm³/mol. The van der Waals surface area contributed by atoms with Gasteiger partial charge in [0.25, 0.3) is 5.56 Å². The lowest BCUT2D eigenvalue weighted by Gasteiger charge is -2.24. The lowest BCUT2D eigenvalue weighted by Crippen LogP contribution is -2.45. The Bertz CT molecular complexity index is 790. The number of hydrogen-bond donors (Lipinski definition) is 1. The smallest absolute Gasteiger partial charge is 0.272 e. The SMILES string of the molecule is Cc1cc2nc(C)n(C3CCC(=O)NC3=O)c(=O)c2s1. The van der Waals surface area contributed by atoms with Crippen molar-refractivity contribution in [3.8, 4) is 0 Å². The van der Waals surface area contributed by atoms with Crippen molar-refractivity contribution in [2.45, 2.75) is 32.7 Å². The average molecular weight is 291 g/mol. The molecule has 2 amide bonds. The maximum absolute atomic E-state index is 12.6. The zero-order valence-electron chi connectivity index (χ0n) is 11.1. The summed E-state index contributed by atoms with van der Waals surface area (Å²) in [5.41, 5.74) is 0.457. The number of hydrogen-bond acceptors (Lipinski definition) is 5. The second kappa shape index (κ2) is 4.52. The summed E-state index contributed by atoms with van der Waals surface area (Å²) in [5, 5.41) is 2.27. The molecule has 1 aliphatic heterocycles. The van der Waals surface area contributed by atoms with Crippen LogP contribution in [0.1, 0.15) is 29.6 Å². The van der Waals surface area contributed by atoms with E-state index in [1.807, 2.05) is 13.0 Å². The van der Waals surface area contributed by atoms with E-state index in [1.165, 1.54) is 15.9 Å². The summed E-state index contributed by atoms with van der Waals surface area (Å²) in [5.74, 6) is -0.228. The van der Waals surface area contributed by atoms with E-state index in [-0.39, 0.29) is 17.9 Å². The molecule has 20 heavy (non-hydrogen) atoms. The van der Waals surface area contributed by atoms with Gasteiger partial charge < -0.3 is 0 Å². The first-order valence-corrected chi connectivity index (χ1v) is 7.12. The van der Waals surface area contributed by atoms with E-state index in [2.05, 4.69) is 10.3 Å². The monoisotopic (exact) mass is 291 g/mol. The summed E-state index contributed by atoms with van der Waals surface area (Å²) in [7, 11) is 0. The van der Waals surface area contributed by atoms with Gasteiger partial charge in [-0.05, 0) is 26.3 Å². The molecule has 1 aliphatic rings. The topological polar surface area (TPSA) is 81.1 Å². The van der Waals surface area contributed by atoms with Gasteiger partial charge in [0.2, 0.25) is 11.8 Å². The molecule has 104 valence electrons. The highest BCUT2D eigenvalue weighted by Crippen LogP contribution is 2.23. The highest BCUT2D eigenvalue weighted by molar-refractivity contribution is 7.18. The normalized spacial score (nSPS) is 19.4. The number of imide groups is 1. The van der Waals surface area contributed by atoms with Gasteiger partial charge in [0, 0.05) is 11.3 Å². The lowest BCUT2D eigenvalue weighted by molar-refractivity contribution is -0.135. The van der Waals surface area contributed by atoms with Crippen LogP contribution in [0.25, 0.3) is 10.2 Å². The number of nitrogens with zero attached hydrogens (tertiary/aromatic N) is 2. The Morgan fingerprint density at radius 2 is 2.10 bits per heavy atom. The molecule has 1 atom stereocenters. The molecule has 1 fully saturated rings. The Kier molecular flexibility index (Phi) is 2.93. The number of carbonyl (C=O) groups excluding carboxylic acids is 2. The number of aryl methyl sites for hydroxylation is 2. The third kappa shape index (κ3) is 1.94. The van der Waals surface area contributed by atoms with Crippen molar-refractivity contribution in [3.63, 3.8) is 0 Å². The van der Waals surface area contributed by atoms with Crippen molar-refractivity contribution in [1.29, 1.82) is 0 Å². The largest absolute Gasteiger partial charge is 0.295 e. The van der Waals surface area contributed by atoms with Crippen molar-refractivity contribution in [1.82, 2.24) is 14.9 Å². The number of aromatic nitrogens is 2. The first kappa shape index (κ1) is 13.0. The predicted octanol–water partition coefficient (Wildman–Crippen LogP) is 1.05. The van der Waals surface area contributed by atoms with Crippen LogP contribution >= 0.6 is 11.3 Å². The number of fused-ring (bicyclic) bond motifs is 1. The second-order valence-corrected chi connectivity index (χ2v) is 6.13. The van der Waals surface area contributed by atoms with Crippen molar-refractivity contribution in [2.75, 3.05) is 0 Å². The minimum atomic E-state index is -0.653. The van der Waals surface area contributed by atoms with Crippen LogP contribution in [0.5, 0.6) is 0 Å². The molecule has 6 nitrogen and oxygen atoms in total. The fourth-order valence-corrected chi connectivity index (χ4v) is 3.40. The van der Waals surface area contributed by atoms with Crippen LogP contribution in [0.4, 0.5) is 0 Å². The summed E-state index contributed by atoms with van der Waals surface area (Å²) in [4.78, 5) is 41.1. The van der Waals surface area contributed by atoms with Crippen LogP contribution in [-0.4, -0.2) is 21.4 Å². The highest BCUT2D eigenvalue weighted by Gasteiger charge is 2.30. The van der Waals surface area contributed by atoms with Gasteiger partial charge in [0.05, 0.1) is 5.52 Å². The van der Waals surface area contributed by atoms with E-state index in [0.29, 0.717) is 22.5 Å². The molecular formula is C13H13N3O3S. The standard InChI is InChI=1S/C13H13N3O3S/c1-6-5-8-11(20-6)13(19)16(7(2)14-8)9-3-4-10(17)15-12(9)18/h5,9H,3-4H2,1-2H3,(H,15,17,18). The number of rotatable bonds is 1. The lowest BCUT2D eigenvalue weighted by atomic mass is 10.1. The summed E-state index contributed by atoms with van der Waals surface area (Å²) >= 11 is 1.37. The van der Waals surface area contributed by atoms with Crippen molar-refractivity contribution in [3.05, 3.63) is 27.1 Å². The molecule has 1 N–H and O–H groups in total. The van der Waals surface area contributed by atoms with Crippen molar-refractivity contribution in [2.24, 2.45) is 0 Å². The molecule has 0 aliphatic carbocycles. The van der Waals surface area contributed by atoms with Crippen molar-refractivity contribution >= 4 is 33.4 Å². The molecule has 0 radical (unpaired) electrons. The molecule has 1 unspecified atom stereocenters. The van der Waals surface area contributed by atoms with Gasteiger partial charge in [-0.1, -0.05) is 0 Å². The molecule has 0 aromatic carbocycles. The number of piperidine rings is 1. The molecule has 0 saturated carbocycles. The van der Waals surface area contributed by atoms with E-state index in [4.69, 9.17) is 0 Å². The van der Waals surface area contributed by atoms with Crippen molar-refractivity contribution < 1.29 is 9.59 Å². The molecule has 3 rings (SSSR count). The van der Waals surface area contributed by atoms with Crippen LogP contribution in [0.3, 0.4) is 0 Å². The molecule has 0 spiro atoms. The first-order chi connectivity index (χ1) is 9.47. The maximum Gasteiger partial charge on any atom is 0.272 e. The number of nitrogens with one attached hydrogen (secondary N) is 1. The fourth-order valence-electron chi connectivity index (χ4n) is 2.52. The number of amides is 2. The molecule has 2 aromatic rings. The van der Waals surface area contributed by atoms with Crippen LogP contribution in [-0.2, 0) is 9.59 Å². The molecule has 1 saturated heterocycles. The quantitative estimate of drug-likeness (QED) is 0.796. The van der Waals surface area contributed by atoms with E-state index >= 15 is 0 Å². The molecular weight excluding hydrogens is 278 g/mol. The summed E-state index contributed by atoms with van der Waals surface area (Å²) < 4.78 is 1.96. The van der Waals surface area contributed by atoms with Crippen LogP contribution in [0, 0.1) is 13.8 Å². The van der Waals surface area contributed by atoms with Gasteiger partial charge >= 0.3 is 0 Å². The van der Waals surface area contributed by atoms with E-state index in [0.717, 1.165) is 4.88 Å². The Morgan fingerprint density at radius 3 is 2.80 bits per heavy atom. The summed E-state index contributed by atoms with van der Waals surface area (Å²) in [6.45, 7) is 3.62. The fraction of sp³-hybridized carbons (Fsp3) is 0.385. The van der Waals surface area contributed by atoms with Gasteiger partial charge in [0.15, 0.2) is 0 Å². The third-order valence-corrected chi connectivity index (χ3v) is 4.43. The maximum atomic E-state index is 12.6. The van der Waals surface area contributed by atoms with Gasteiger partial charge in [-0.3, -0.25) is 24.3 Å². The van der Waals surface area contributed by atoms with E-state index < -0.39 is 11.9 Å². The van der Waals surface area contributed by atoms with Gasteiger partial charge in [0.1, 0.15) is 16.6 Å². The van der Waals surface area contributed by atoms with Crippen LogP contribution in [0.15, 0.2) is 10.9 Å². The Labute approximate surface area is 118 Å². The Hall–Kier alpha value is -2.02. The molecule has 2 aromatic heterocycles. The highest BCUT2D eigenvalue weighted by atomic mass is 32.1. The second-order valence-electron chi connectivity index (χ2n) is 4.87. The van der Waals surface area contributed by atoms with Gasteiger partial charge in [-0.2, -0.15) is 0 Å². The number of thiophene rings is 1. The van der Waals surface area contributed by atoms with E-state index in [1.54, 1.807) is 6.92 Å². The minimum Gasteiger partial charge on any atom is -0.295 e. The average Bonchev–Trinajstić information content (AvgIpc) is 2.72. The number of carbonyl (C=O) groups is 2. The minimum absolute atomic E-state index is 0.208. The third-order valence-electron chi connectivity index (χ3n) is 3.40. The zero-order chi connectivity index (χ0) is 14.4. The van der Waals surface area contributed by atoms with Gasteiger partial charge in [-0.25, -0.2) is 4.98 Å². The Morgan fingerprint density at radius 1 is 1.35 bits per heavy atom. The Balaban J connectivity index is 2.18. The summed E-state index contributed by atoms with van der Waals surface area (Å²) in [6.07, 6.45) is 0.576. The van der Waals surface area contributed by atoms with Gasteiger partial charge in [-0.15, -0.1) is 11.3 Å². The molecule has 3 heterocycles. The van der Waals surface area contributed by atoms with E-state index in [9.17, 15) is 14.4 Å². The molecule has 7 heteroatoms. The molecule has 0 bridgehead atoms. The van der Waals surface area contributed by atoms with Crippen LogP contribution < -0.4 is 10.9 Å². The first-order valence-electron chi connectivity index (χ1n) is 6.30. The summed E-state index contributed by atoms with van der Waals surface area (Å²) in [6, 6.07) is 1.21.